The molecule has 2 atom stereocenters. The summed E-state index contributed by atoms with van der Waals surface area (Å²) in [7, 11) is -3.63. The fourth-order valence-electron chi connectivity index (χ4n) is 3.59. The number of aliphatic carboxylic acids is 1. The number of rotatable bonds is 9. The molecule has 0 fully saturated rings. The van der Waals surface area contributed by atoms with Crippen molar-refractivity contribution in [2.24, 2.45) is 0 Å². The normalized spacial score (nSPS) is 14.4. The average molecular weight is 422 g/mol. The van der Waals surface area contributed by atoms with E-state index < -0.39 is 32.0 Å². The summed E-state index contributed by atoms with van der Waals surface area (Å²) in [6, 6.07) is 9.05. The molecule has 3 N–H and O–H groups in total. The molecule has 0 saturated heterocycles. The molecule has 2 aromatic carbocycles. The van der Waals surface area contributed by atoms with Crippen molar-refractivity contribution in [1.82, 2.24) is 0 Å². The van der Waals surface area contributed by atoms with Crippen LogP contribution in [0.5, 0.6) is 0 Å². The second kappa shape index (κ2) is 9.66. The van der Waals surface area contributed by atoms with Crippen LogP contribution in [0.15, 0.2) is 30.3 Å². The summed E-state index contributed by atoms with van der Waals surface area (Å²) < 4.78 is 26.0. The second-order valence-corrected chi connectivity index (χ2v) is 10.2. The Balaban J connectivity index is 2.17. The molecule has 7 heteroatoms. The first-order valence-electron chi connectivity index (χ1n) is 9.56. The molecule has 0 heterocycles. The van der Waals surface area contributed by atoms with E-state index in [1.54, 1.807) is 19.1 Å². The smallest absolute Gasteiger partial charge is 0.305 e. The standard InChI is InChI=1S/C22H28FO5P/c1-14-9-15(2)19(20(10-14)17-6-7-21(23)16(3)11-17)5-4-8-29(27,28)13-18(24)12-22(25)26/h6-7,9-11,18,24H,4-5,8,12-13H2,1-3H3,(H,25,26)(H,27,28)/t18-/m0/s1. The number of aliphatic hydroxyl groups excluding tert-OH is 1. The Kier molecular flexibility index (Phi) is 7.75. The number of benzene rings is 2. The first-order chi connectivity index (χ1) is 13.5. The Hall–Kier alpha value is -2.01. The quantitative estimate of drug-likeness (QED) is 0.519. The highest BCUT2D eigenvalue weighted by Gasteiger charge is 2.24. The van der Waals surface area contributed by atoms with E-state index in [4.69, 9.17) is 5.11 Å². The molecule has 0 aliphatic heterocycles. The molecule has 0 spiro atoms. The van der Waals surface area contributed by atoms with Crippen LogP contribution in [0.1, 0.15) is 35.1 Å². The molecule has 0 saturated carbocycles. The summed E-state index contributed by atoms with van der Waals surface area (Å²) in [5, 5.41) is 18.3. The Bertz CT molecular complexity index is 941. The second-order valence-electron chi connectivity index (χ2n) is 7.68. The number of hydrogen-bond donors (Lipinski definition) is 3. The molecule has 29 heavy (non-hydrogen) atoms. The molecular formula is C22H28FO5P. The predicted molar refractivity (Wildman–Crippen MR) is 112 cm³/mol. The van der Waals surface area contributed by atoms with Crippen LogP contribution in [0, 0.1) is 26.6 Å². The predicted octanol–water partition coefficient (Wildman–Crippen LogP) is 4.46. The van der Waals surface area contributed by atoms with Crippen LogP contribution in [-0.4, -0.2) is 39.5 Å². The Morgan fingerprint density at radius 2 is 1.83 bits per heavy atom. The van der Waals surface area contributed by atoms with Gasteiger partial charge in [0.05, 0.1) is 18.7 Å². The molecular weight excluding hydrogens is 394 g/mol. The van der Waals surface area contributed by atoms with Crippen molar-refractivity contribution >= 4 is 13.3 Å². The third kappa shape index (κ3) is 6.77. The van der Waals surface area contributed by atoms with Crippen molar-refractivity contribution in [3.63, 3.8) is 0 Å². The van der Waals surface area contributed by atoms with Crippen LogP contribution in [0.25, 0.3) is 11.1 Å². The van der Waals surface area contributed by atoms with Gasteiger partial charge in [-0.3, -0.25) is 9.36 Å². The van der Waals surface area contributed by atoms with E-state index in [1.165, 1.54) is 6.07 Å². The van der Waals surface area contributed by atoms with Crippen LogP contribution < -0.4 is 0 Å². The minimum Gasteiger partial charge on any atom is -0.481 e. The van der Waals surface area contributed by atoms with Gasteiger partial charge in [0.1, 0.15) is 5.82 Å². The lowest BCUT2D eigenvalue weighted by Gasteiger charge is -2.18. The van der Waals surface area contributed by atoms with Gasteiger partial charge < -0.3 is 15.1 Å². The van der Waals surface area contributed by atoms with Gasteiger partial charge in [0.15, 0.2) is 0 Å². The highest BCUT2D eigenvalue weighted by Crippen LogP contribution is 2.43. The lowest BCUT2D eigenvalue weighted by Crippen LogP contribution is -2.18. The minimum absolute atomic E-state index is 0.00111. The largest absolute Gasteiger partial charge is 0.481 e. The van der Waals surface area contributed by atoms with Gasteiger partial charge in [0.25, 0.3) is 0 Å². The Labute approximate surface area is 170 Å². The van der Waals surface area contributed by atoms with E-state index in [0.717, 1.165) is 27.8 Å². The zero-order valence-corrected chi connectivity index (χ0v) is 17.9. The fourth-order valence-corrected chi connectivity index (χ4v) is 5.21. The topological polar surface area (TPSA) is 94.8 Å². The summed E-state index contributed by atoms with van der Waals surface area (Å²) in [6.07, 6.45) is -1.32. The van der Waals surface area contributed by atoms with E-state index in [9.17, 15) is 23.7 Å². The maximum atomic E-state index is 13.7. The summed E-state index contributed by atoms with van der Waals surface area (Å²) in [5.74, 6) is -1.46. The van der Waals surface area contributed by atoms with Crippen LogP contribution >= 0.6 is 7.37 Å². The fraction of sp³-hybridized carbons (Fsp3) is 0.409. The summed E-state index contributed by atoms with van der Waals surface area (Å²) in [6.45, 7) is 5.69. The molecule has 2 rings (SSSR count). The van der Waals surface area contributed by atoms with Crippen LogP contribution in [-0.2, 0) is 15.8 Å². The summed E-state index contributed by atoms with van der Waals surface area (Å²) in [4.78, 5) is 20.7. The Morgan fingerprint density at radius 3 is 2.45 bits per heavy atom. The van der Waals surface area contributed by atoms with Crippen molar-refractivity contribution in [2.75, 3.05) is 12.3 Å². The van der Waals surface area contributed by atoms with Crippen molar-refractivity contribution in [3.05, 3.63) is 58.4 Å². The van der Waals surface area contributed by atoms with E-state index in [-0.39, 0.29) is 12.0 Å². The molecule has 0 aliphatic carbocycles. The lowest BCUT2D eigenvalue weighted by atomic mass is 9.90. The molecule has 0 amide bonds. The number of aliphatic hydroxyl groups is 1. The molecule has 1 unspecified atom stereocenters. The van der Waals surface area contributed by atoms with Crippen molar-refractivity contribution in [1.29, 1.82) is 0 Å². The minimum atomic E-state index is -3.63. The van der Waals surface area contributed by atoms with Crippen LogP contribution in [0.4, 0.5) is 4.39 Å². The van der Waals surface area contributed by atoms with Gasteiger partial charge in [-0.2, -0.15) is 0 Å². The van der Waals surface area contributed by atoms with Gasteiger partial charge in [0, 0.05) is 6.16 Å². The van der Waals surface area contributed by atoms with Crippen LogP contribution in [0.3, 0.4) is 0 Å². The van der Waals surface area contributed by atoms with E-state index in [2.05, 4.69) is 0 Å². The summed E-state index contributed by atoms with van der Waals surface area (Å²) >= 11 is 0. The van der Waals surface area contributed by atoms with E-state index in [1.807, 2.05) is 26.0 Å². The number of hydrogen-bond acceptors (Lipinski definition) is 3. The maximum absolute atomic E-state index is 13.7. The zero-order valence-electron chi connectivity index (χ0n) is 17.0. The van der Waals surface area contributed by atoms with Gasteiger partial charge in [0.2, 0.25) is 7.37 Å². The monoisotopic (exact) mass is 422 g/mol. The molecule has 2 aromatic rings. The van der Waals surface area contributed by atoms with Crippen molar-refractivity contribution < 1.29 is 28.9 Å². The molecule has 5 nitrogen and oxygen atoms in total. The third-order valence-electron chi connectivity index (χ3n) is 4.93. The molecule has 0 bridgehead atoms. The number of carbonyl (C=O) groups is 1. The Morgan fingerprint density at radius 1 is 1.14 bits per heavy atom. The van der Waals surface area contributed by atoms with Gasteiger partial charge in [-0.25, -0.2) is 4.39 Å². The zero-order chi connectivity index (χ0) is 21.8. The molecule has 0 aromatic heterocycles. The molecule has 0 radical (unpaired) electrons. The van der Waals surface area contributed by atoms with E-state index >= 15 is 0 Å². The van der Waals surface area contributed by atoms with Gasteiger partial charge in [-0.05, 0) is 73.6 Å². The first kappa shape index (κ1) is 23.3. The third-order valence-corrected chi connectivity index (χ3v) is 6.93. The number of halogens is 1. The summed E-state index contributed by atoms with van der Waals surface area (Å²) in [5.41, 5.74) is 5.60. The van der Waals surface area contributed by atoms with Gasteiger partial charge in [-0.1, -0.05) is 23.8 Å². The van der Waals surface area contributed by atoms with Gasteiger partial charge in [-0.15, -0.1) is 0 Å². The number of carboxylic acid groups (broad SMARTS) is 1. The van der Waals surface area contributed by atoms with Crippen molar-refractivity contribution in [3.8, 4) is 11.1 Å². The SMILES string of the molecule is Cc1cc(C)c(CCCP(=O)(O)C[C@@H](O)CC(=O)O)c(-c2ccc(F)c(C)c2)c1. The molecule has 0 aliphatic rings. The number of aryl methyl sites for hydroxylation is 3. The maximum Gasteiger partial charge on any atom is 0.305 e. The van der Waals surface area contributed by atoms with Crippen molar-refractivity contribution in [2.45, 2.75) is 46.1 Å². The van der Waals surface area contributed by atoms with E-state index in [0.29, 0.717) is 18.4 Å². The van der Waals surface area contributed by atoms with Crippen LogP contribution in [0.2, 0.25) is 0 Å². The molecule has 158 valence electrons. The first-order valence-corrected chi connectivity index (χ1v) is 11.6. The average Bonchev–Trinajstić information content (AvgIpc) is 2.57. The van der Waals surface area contributed by atoms with Gasteiger partial charge >= 0.3 is 5.97 Å². The highest BCUT2D eigenvalue weighted by atomic mass is 31.2. The number of carboxylic acids is 1. The lowest BCUT2D eigenvalue weighted by molar-refractivity contribution is -0.138. The highest BCUT2D eigenvalue weighted by molar-refractivity contribution is 7.58.